The molecule has 0 bridgehead atoms. The quantitative estimate of drug-likeness (QED) is 0.522. The Hall–Kier alpha value is -2.81. The van der Waals surface area contributed by atoms with Gasteiger partial charge in [0.2, 0.25) is 0 Å². The van der Waals surface area contributed by atoms with Gasteiger partial charge in [0.25, 0.3) is 0 Å². The normalized spacial score (nSPS) is 12.0. The number of nitrogens with zero attached hydrogens (tertiary/aromatic N) is 1. The third-order valence-corrected chi connectivity index (χ3v) is 4.10. The van der Waals surface area contributed by atoms with Crippen LogP contribution >= 0.6 is 0 Å². The Morgan fingerprint density at radius 1 is 0.905 bits per heavy atom. The molecule has 2 aromatic carbocycles. The molecular formula is C18H15N3. The first-order chi connectivity index (χ1) is 10.3. The van der Waals surface area contributed by atoms with Gasteiger partial charge in [-0.2, -0.15) is 0 Å². The van der Waals surface area contributed by atoms with Crippen LogP contribution < -0.4 is 11.5 Å². The van der Waals surface area contributed by atoms with Crippen molar-refractivity contribution in [2.75, 3.05) is 11.5 Å². The predicted octanol–water partition coefficient (Wildman–Crippen LogP) is 3.48. The molecule has 3 nitrogen and oxygen atoms in total. The lowest BCUT2D eigenvalue weighted by molar-refractivity contribution is 1.24. The van der Waals surface area contributed by atoms with Gasteiger partial charge in [-0.1, -0.05) is 30.3 Å². The van der Waals surface area contributed by atoms with Gasteiger partial charge in [-0.15, -0.1) is 0 Å². The number of fused-ring (bicyclic) bond motifs is 3. The molecule has 1 aliphatic carbocycles. The third kappa shape index (κ3) is 1.71. The Morgan fingerprint density at radius 2 is 1.71 bits per heavy atom. The van der Waals surface area contributed by atoms with Crippen molar-refractivity contribution in [2.24, 2.45) is 0 Å². The fourth-order valence-electron chi connectivity index (χ4n) is 3.12. The van der Waals surface area contributed by atoms with Crippen LogP contribution in [0.2, 0.25) is 0 Å². The van der Waals surface area contributed by atoms with Crippen LogP contribution in [0.4, 0.5) is 11.4 Å². The Morgan fingerprint density at radius 3 is 2.52 bits per heavy atom. The Kier molecular flexibility index (Phi) is 2.48. The molecule has 0 fully saturated rings. The van der Waals surface area contributed by atoms with E-state index in [4.69, 9.17) is 11.5 Å². The molecule has 0 radical (unpaired) electrons. The van der Waals surface area contributed by atoms with Crippen LogP contribution in [-0.4, -0.2) is 4.98 Å². The maximum atomic E-state index is 6.26. The highest BCUT2D eigenvalue weighted by molar-refractivity contribution is 5.95. The van der Waals surface area contributed by atoms with Crippen molar-refractivity contribution in [2.45, 2.75) is 6.42 Å². The van der Waals surface area contributed by atoms with Crippen molar-refractivity contribution in [3.05, 3.63) is 65.9 Å². The summed E-state index contributed by atoms with van der Waals surface area (Å²) < 4.78 is 0. The lowest BCUT2D eigenvalue weighted by Gasteiger charge is -2.14. The maximum absolute atomic E-state index is 6.26. The van der Waals surface area contributed by atoms with Crippen LogP contribution in [0.3, 0.4) is 0 Å². The van der Waals surface area contributed by atoms with Gasteiger partial charge < -0.3 is 11.5 Å². The topological polar surface area (TPSA) is 64.9 Å². The number of pyridine rings is 1. The molecule has 1 aromatic heterocycles. The van der Waals surface area contributed by atoms with Crippen molar-refractivity contribution in [3.63, 3.8) is 0 Å². The lowest BCUT2D eigenvalue weighted by Crippen LogP contribution is -2.02. The first kappa shape index (κ1) is 12.0. The van der Waals surface area contributed by atoms with Crippen molar-refractivity contribution in [1.29, 1.82) is 0 Å². The smallest absolute Gasteiger partial charge is 0.0726 e. The van der Waals surface area contributed by atoms with E-state index in [9.17, 15) is 0 Å². The monoisotopic (exact) mass is 273 g/mol. The molecule has 0 unspecified atom stereocenters. The minimum atomic E-state index is 0.617. The molecule has 21 heavy (non-hydrogen) atoms. The average molecular weight is 273 g/mol. The Labute approximate surface area is 123 Å². The first-order valence-electron chi connectivity index (χ1n) is 6.96. The molecule has 1 heterocycles. The molecule has 102 valence electrons. The second-order valence-corrected chi connectivity index (χ2v) is 5.33. The van der Waals surface area contributed by atoms with E-state index >= 15 is 0 Å². The van der Waals surface area contributed by atoms with Crippen LogP contribution in [-0.2, 0) is 6.42 Å². The molecule has 0 amide bonds. The van der Waals surface area contributed by atoms with E-state index in [2.05, 4.69) is 29.2 Å². The van der Waals surface area contributed by atoms with Gasteiger partial charge in [0.15, 0.2) is 0 Å². The summed E-state index contributed by atoms with van der Waals surface area (Å²) in [6.45, 7) is 0. The number of rotatable bonds is 1. The predicted molar refractivity (Wildman–Crippen MR) is 86.7 cm³/mol. The molecule has 3 aromatic rings. The van der Waals surface area contributed by atoms with Gasteiger partial charge >= 0.3 is 0 Å². The number of benzene rings is 2. The minimum Gasteiger partial charge on any atom is -0.397 e. The van der Waals surface area contributed by atoms with Crippen LogP contribution in [0.1, 0.15) is 11.1 Å². The number of nitrogens with two attached hydrogens (primary N) is 2. The molecule has 0 aliphatic heterocycles. The van der Waals surface area contributed by atoms with E-state index in [0.717, 1.165) is 17.7 Å². The molecular weight excluding hydrogens is 258 g/mol. The van der Waals surface area contributed by atoms with Gasteiger partial charge in [-0.25, -0.2) is 0 Å². The van der Waals surface area contributed by atoms with Gasteiger partial charge in [0.05, 0.1) is 17.1 Å². The highest BCUT2D eigenvalue weighted by Crippen LogP contribution is 2.45. The van der Waals surface area contributed by atoms with Crippen molar-refractivity contribution < 1.29 is 0 Å². The van der Waals surface area contributed by atoms with E-state index in [1.165, 1.54) is 22.3 Å². The molecule has 4 N–H and O–H groups in total. The van der Waals surface area contributed by atoms with Gasteiger partial charge in [0, 0.05) is 11.8 Å². The summed E-state index contributed by atoms with van der Waals surface area (Å²) >= 11 is 0. The number of aromatic nitrogens is 1. The molecule has 1 aliphatic rings. The number of hydrogen-bond acceptors (Lipinski definition) is 3. The Balaban J connectivity index is 2.04. The van der Waals surface area contributed by atoms with Crippen LogP contribution in [0.15, 0.2) is 54.7 Å². The average Bonchev–Trinajstić information content (AvgIpc) is 2.87. The second-order valence-electron chi connectivity index (χ2n) is 5.33. The van der Waals surface area contributed by atoms with Gasteiger partial charge in [-0.3, -0.25) is 4.98 Å². The summed E-state index contributed by atoms with van der Waals surface area (Å²) in [6.07, 6.45) is 2.66. The summed E-state index contributed by atoms with van der Waals surface area (Å²) in [6, 6.07) is 16.3. The lowest BCUT2D eigenvalue weighted by atomic mass is 9.95. The highest BCUT2D eigenvalue weighted by atomic mass is 14.7. The fourth-order valence-corrected chi connectivity index (χ4v) is 3.12. The number of hydrogen-bond donors (Lipinski definition) is 2. The maximum Gasteiger partial charge on any atom is 0.0726 e. The summed E-state index contributed by atoms with van der Waals surface area (Å²) in [4.78, 5) is 4.46. The molecule has 0 spiro atoms. The van der Waals surface area contributed by atoms with E-state index in [1.807, 2.05) is 24.3 Å². The molecule has 4 rings (SSSR count). The van der Waals surface area contributed by atoms with Crippen molar-refractivity contribution in [1.82, 2.24) is 4.98 Å². The van der Waals surface area contributed by atoms with E-state index < -0.39 is 0 Å². The summed E-state index contributed by atoms with van der Waals surface area (Å²) in [5.41, 5.74) is 20.5. The van der Waals surface area contributed by atoms with Crippen molar-refractivity contribution >= 4 is 11.4 Å². The zero-order valence-corrected chi connectivity index (χ0v) is 11.5. The zero-order chi connectivity index (χ0) is 14.4. The molecule has 3 heteroatoms. The largest absolute Gasteiger partial charge is 0.397 e. The number of anilines is 2. The Bertz CT molecular complexity index is 839. The summed E-state index contributed by atoms with van der Waals surface area (Å²) in [5.74, 6) is 0. The molecule has 0 atom stereocenters. The first-order valence-corrected chi connectivity index (χ1v) is 6.96. The fraction of sp³-hybridized carbons (Fsp3) is 0.0556. The summed E-state index contributed by atoms with van der Waals surface area (Å²) in [5, 5.41) is 0. The summed E-state index contributed by atoms with van der Waals surface area (Å²) in [7, 11) is 0. The van der Waals surface area contributed by atoms with E-state index in [1.54, 1.807) is 6.20 Å². The van der Waals surface area contributed by atoms with Crippen LogP contribution in [0, 0.1) is 0 Å². The van der Waals surface area contributed by atoms with Gasteiger partial charge in [-0.05, 0) is 46.9 Å². The molecule has 0 saturated carbocycles. The SMILES string of the molecule is Nc1cc2c(c(-c3ccccn3)c1N)Cc1ccccc1-2. The molecule has 0 saturated heterocycles. The van der Waals surface area contributed by atoms with Crippen LogP contribution in [0.25, 0.3) is 22.4 Å². The minimum absolute atomic E-state index is 0.617. The van der Waals surface area contributed by atoms with Crippen LogP contribution in [0.5, 0.6) is 0 Å². The van der Waals surface area contributed by atoms with Crippen molar-refractivity contribution in [3.8, 4) is 22.4 Å². The third-order valence-electron chi connectivity index (χ3n) is 4.10. The second kappa shape index (κ2) is 4.35. The zero-order valence-electron chi connectivity index (χ0n) is 11.5. The van der Waals surface area contributed by atoms with E-state index in [-0.39, 0.29) is 0 Å². The van der Waals surface area contributed by atoms with Gasteiger partial charge in [0.1, 0.15) is 0 Å². The number of nitrogen functional groups attached to an aromatic ring is 2. The van der Waals surface area contributed by atoms with E-state index in [0.29, 0.717) is 11.4 Å². The standard InChI is InChI=1S/C18H15N3/c19-15-10-13-12-6-2-1-5-11(12)9-14(13)17(18(15)20)16-7-3-4-8-21-16/h1-8,10H,9,19-20H2. The highest BCUT2D eigenvalue weighted by Gasteiger charge is 2.24.